The molecule has 11 rings (SSSR count). The molecule has 0 bridgehead atoms. The van der Waals surface area contributed by atoms with Crippen LogP contribution in [0.2, 0.25) is 0 Å². The summed E-state index contributed by atoms with van der Waals surface area (Å²) in [6.45, 7) is 0. The first kappa shape index (κ1) is 33.6. The molecule has 1 heterocycles. The second kappa shape index (κ2) is 14.1. The van der Waals surface area contributed by atoms with Gasteiger partial charge in [0.15, 0.2) is 0 Å². The molecular formula is C56H38N2. The highest BCUT2D eigenvalue weighted by Gasteiger charge is 2.19. The van der Waals surface area contributed by atoms with E-state index in [1.54, 1.807) is 0 Å². The highest BCUT2D eigenvalue weighted by atomic mass is 15.1. The number of rotatable bonds is 7. The van der Waals surface area contributed by atoms with Gasteiger partial charge in [0.25, 0.3) is 0 Å². The Balaban J connectivity index is 1.06. The third-order valence-electron chi connectivity index (χ3n) is 11.5. The van der Waals surface area contributed by atoms with Crippen molar-refractivity contribution >= 4 is 60.4 Å². The molecule has 2 nitrogen and oxygen atoms in total. The Morgan fingerprint density at radius 3 is 1.60 bits per heavy atom. The average Bonchev–Trinajstić information content (AvgIpc) is 3.64. The Morgan fingerprint density at radius 1 is 0.293 bits per heavy atom. The van der Waals surface area contributed by atoms with Gasteiger partial charge in [-0.25, -0.2) is 0 Å². The van der Waals surface area contributed by atoms with Crippen LogP contribution in [0, 0.1) is 0 Å². The van der Waals surface area contributed by atoms with Gasteiger partial charge in [-0.05, 0) is 104 Å². The minimum Gasteiger partial charge on any atom is -0.310 e. The van der Waals surface area contributed by atoms with E-state index in [2.05, 4.69) is 240 Å². The molecule has 0 N–H and O–H groups in total. The summed E-state index contributed by atoms with van der Waals surface area (Å²) in [5.41, 5.74) is 14.0. The third-order valence-corrected chi connectivity index (χ3v) is 11.5. The van der Waals surface area contributed by atoms with Crippen LogP contribution in [0.5, 0.6) is 0 Å². The molecule has 0 spiro atoms. The van der Waals surface area contributed by atoms with E-state index in [1.807, 2.05) is 0 Å². The number of nitrogens with zero attached hydrogens (tertiary/aromatic N) is 2. The average molecular weight is 739 g/mol. The van der Waals surface area contributed by atoms with Crippen LogP contribution in [0.25, 0.3) is 82.4 Å². The molecule has 0 unspecified atom stereocenters. The summed E-state index contributed by atoms with van der Waals surface area (Å²) >= 11 is 0. The molecule has 11 aromatic rings. The maximum atomic E-state index is 2.44. The van der Waals surface area contributed by atoms with Gasteiger partial charge in [0.05, 0.1) is 11.0 Å². The molecule has 0 amide bonds. The summed E-state index contributed by atoms with van der Waals surface area (Å²) in [6, 6.07) is 83.7. The maximum absolute atomic E-state index is 2.44. The quantitative estimate of drug-likeness (QED) is 0.158. The van der Waals surface area contributed by atoms with E-state index < -0.39 is 0 Å². The molecule has 272 valence electrons. The first-order valence-corrected chi connectivity index (χ1v) is 19.9. The lowest BCUT2D eigenvalue weighted by atomic mass is 9.93. The van der Waals surface area contributed by atoms with E-state index in [-0.39, 0.29) is 0 Å². The molecule has 0 saturated heterocycles. The molecule has 10 aromatic carbocycles. The van der Waals surface area contributed by atoms with Crippen LogP contribution in [-0.4, -0.2) is 4.57 Å². The van der Waals surface area contributed by atoms with Crippen molar-refractivity contribution in [1.82, 2.24) is 4.57 Å². The summed E-state index contributed by atoms with van der Waals surface area (Å²) in [6.07, 6.45) is 0. The first-order valence-electron chi connectivity index (χ1n) is 19.9. The fraction of sp³-hybridized carbons (Fsp3) is 0. The fourth-order valence-electron chi connectivity index (χ4n) is 8.77. The second-order valence-corrected chi connectivity index (χ2v) is 15.0. The topological polar surface area (TPSA) is 8.17 Å². The monoisotopic (exact) mass is 738 g/mol. The van der Waals surface area contributed by atoms with Gasteiger partial charge < -0.3 is 9.47 Å². The SMILES string of the molecule is c1ccc(-c2ccc(N(c3ccc(-c4ccc5c6ccc7ccccc7c6n(-c6ccccc6)c5c4)cc3)c3ccc4ccccc4c3)cc2-c2ccccc2)cc1. The standard InChI is InChI=1S/C56H38N2/c1-4-15-41(16-5-1)50-35-32-49(38-54(50)42-17-6-2-7-18-42)57(48-31-26-39-14-10-11-20-44(39)36-48)47-29-24-40(25-30-47)45-28-33-52-53-34-27-43-19-12-13-23-51(43)56(53)58(55(52)37-45)46-21-8-3-9-22-46/h1-38H. The molecule has 0 atom stereocenters. The van der Waals surface area contributed by atoms with Crippen LogP contribution in [-0.2, 0) is 0 Å². The predicted octanol–water partition coefficient (Wildman–Crippen LogP) is 15.6. The predicted molar refractivity (Wildman–Crippen MR) is 247 cm³/mol. The van der Waals surface area contributed by atoms with E-state index in [1.165, 1.54) is 76.7 Å². The van der Waals surface area contributed by atoms with Crippen LogP contribution in [0.3, 0.4) is 0 Å². The van der Waals surface area contributed by atoms with E-state index >= 15 is 0 Å². The van der Waals surface area contributed by atoms with Crippen LogP contribution >= 0.6 is 0 Å². The summed E-state index contributed by atoms with van der Waals surface area (Å²) in [7, 11) is 0. The highest BCUT2D eigenvalue weighted by molar-refractivity contribution is 6.19. The van der Waals surface area contributed by atoms with Gasteiger partial charge in [-0.3, -0.25) is 0 Å². The molecule has 1 aromatic heterocycles. The highest BCUT2D eigenvalue weighted by Crippen LogP contribution is 2.43. The van der Waals surface area contributed by atoms with Gasteiger partial charge in [0.2, 0.25) is 0 Å². The minimum atomic E-state index is 1.09. The molecule has 0 aliphatic carbocycles. The molecule has 2 heteroatoms. The Labute approximate surface area is 338 Å². The summed E-state index contributed by atoms with van der Waals surface area (Å²) in [5.74, 6) is 0. The summed E-state index contributed by atoms with van der Waals surface area (Å²) in [5, 5.41) is 7.45. The minimum absolute atomic E-state index is 1.09. The number of hydrogen-bond acceptors (Lipinski definition) is 1. The van der Waals surface area contributed by atoms with E-state index in [4.69, 9.17) is 0 Å². The van der Waals surface area contributed by atoms with Gasteiger partial charge in [-0.2, -0.15) is 0 Å². The normalized spacial score (nSPS) is 11.4. The second-order valence-electron chi connectivity index (χ2n) is 15.0. The lowest BCUT2D eigenvalue weighted by Gasteiger charge is -2.27. The van der Waals surface area contributed by atoms with Crippen molar-refractivity contribution in [3.63, 3.8) is 0 Å². The Hall–Kier alpha value is -7.68. The van der Waals surface area contributed by atoms with Crippen LogP contribution in [0.15, 0.2) is 231 Å². The zero-order valence-corrected chi connectivity index (χ0v) is 31.8. The van der Waals surface area contributed by atoms with Crippen molar-refractivity contribution in [3.05, 3.63) is 231 Å². The van der Waals surface area contributed by atoms with Gasteiger partial charge in [-0.15, -0.1) is 0 Å². The van der Waals surface area contributed by atoms with Crippen LogP contribution in [0.1, 0.15) is 0 Å². The maximum Gasteiger partial charge on any atom is 0.0619 e. The smallest absolute Gasteiger partial charge is 0.0619 e. The molecule has 0 aliphatic heterocycles. The molecule has 0 radical (unpaired) electrons. The largest absolute Gasteiger partial charge is 0.310 e. The van der Waals surface area contributed by atoms with Gasteiger partial charge in [-0.1, -0.05) is 176 Å². The molecule has 58 heavy (non-hydrogen) atoms. The lowest BCUT2D eigenvalue weighted by molar-refractivity contribution is 1.19. The third kappa shape index (κ3) is 5.82. The number of benzene rings is 10. The first-order chi connectivity index (χ1) is 28.8. The molecule has 0 fully saturated rings. The zero-order chi connectivity index (χ0) is 38.4. The van der Waals surface area contributed by atoms with Crippen molar-refractivity contribution in [2.45, 2.75) is 0 Å². The molecular weight excluding hydrogens is 701 g/mol. The zero-order valence-electron chi connectivity index (χ0n) is 31.8. The van der Waals surface area contributed by atoms with E-state index in [9.17, 15) is 0 Å². The van der Waals surface area contributed by atoms with Crippen molar-refractivity contribution in [1.29, 1.82) is 0 Å². The van der Waals surface area contributed by atoms with Crippen molar-refractivity contribution in [2.75, 3.05) is 4.90 Å². The van der Waals surface area contributed by atoms with E-state index in [0.29, 0.717) is 0 Å². The summed E-state index contributed by atoms with van der Waals surface area (Å²) < 4.78 is 2.44. The van der Waals surface area contributed by atoms with Crippen molar-refractivity contribution in [2.24, 2.45) is 0 Å². The fourth-order valence-corrected chi connectivity index (χ4v) is 8.77. The molecule has 0 aliphatic rings. The Bertz CT molecular complexity index is 3250. The van der Waals surface area contributed by atoms with Gasteiger partial charge >= 0.3 is 0 Å². The van der Waals surface area contributed by atoms with Crippen molar-refractivity contribution in [3.8, 4) is 39.1 Å². The van der Waals surface area contributed by atoms with Crippen LogP contribution < -0.4 is 4.90 Å². The summed E-state index contributed by atoms with van der Waals surface area (Å²) in [4.78, 5) is 2.39. The number of aromatic nitrogens is 1. The van der Waals surface area contributed by atoms with Crippen LogP contribution in [0.4, 0.5) is 17.1 Å². The Kier molecular flexibility index (Phi) is 8.19. The van der Waals surface area contributed by atoms with E-state index in [0.717, 1.165) is 22.7 Å². The number of hydrogen-bond donors (Lipinski definition) is 0. The van der Waals surface area contributed by atoms with Crippen molar-refractivity contribution < 1.29 is 0 Å². The van der Waals surface area contributed by atoms with Gasteiger partial charge in [0, 0.05) is 38.9 Å². The number of para-hydroxylation sites is 1. The van der Waals surface area contributed by atoms with Gasteiger partial charge in [0.1, 0.15) is 0 Å². The number of anilines is 3. The number of fused-ring (bicyclic) bond motifs is 6. The lowest BCUT2D eigenvalue weighted by Crippen LogP contribution is -2.10. The molecule has 0 saturated carbocycles. The Morgan fingerprint density at radius 2 is 0.845 bits per heavy atom.